The number of carbonyl (C=O) groups is 1. The van der Waals surface area contributed by atoms with E-state index in [2.05, 4.69) is 4.98 Å². The Morgan fingerprint density at radius 2 is 2.00 bits per heavy atom. The van der Waals surface area contributed by atoms with Crippen LogP contribution in [-0.4, -0.2) is 17.6 Å². The summed E-state index contributed by atoms with van der Waals surface area (Å²) in [6.07, 6.45) is 6.02. The first-order valence-electron chi connectivity index (χ1n) is 9.42. The molecule has 27 heavy (non-hydrogen) atoms. The molecule has 0 radical (unpaired) electrons. The lowest BCUT2D eigenvalue weighted by molar-refractivity contribution is 0.0527. The molecule has 1 aliphatic carbocycles. The Bertz CT molecular complexity index is 1080. The van der Waals surface area contributed by atoms with Crippen LogP contribution in [0.4, 0.5) is 5.82 Å². The summed E-state index contributed by atoms with van der Waals surface area (Å²) in [6.45, 7) is 1.92. The molecule has 1 saturated carbocycles. The number of esters is 1. The number of aromatic nitrogens is 1. The fraction of sp³-hybridized carbons (Fsp3) is 0.381. The number of anilines is 1. The molecule has 2 N–H and O–H groups in total. The topological polar surface area (TPSA) is 95.4 Å². The largest absolute Gasteiger partial charge is 0.462 e. The fourth-order valence-corrected chi connectivity index (χ4v) is 3.88. The predicted molar refractivity (Wildman–Crippen MR) is 104 cm³/mol. The molecule has 0 saturated heterocycles. The van der Waals surface area contributed by atoms with Crippen LogP contribution < -0.4 is 11.2 Å². The summed E-state index contributed by atoms with van der Waals surface area (Å²) in [5.41, 5.74) is 7.51. The number of nitrogen functional groups attached to an aromatic ring is 1. The van der Waals surface area contributed by atoms with Gasteiger partial charge in [-0.3, -0.25) is 4.79 Å². The molecule has 1 fully saturated rings. The number of nitrogens with zero attached hydrogens (tertiary/aromatic N) is 1. The van der Waals surface area contributed by atoms with Crippen LogP contribution in [0.5, 0.6) is 0 Å². The summed E-state index contributed by atoms with van der Waals surface area (Å²) in [5, 5.41) is 0.743. The Hall–Kier alpha value is -2.89. The summed E-state index contributed by atoms with van der Waals surface area (Å²) in [6, 6.07) is 7.21. The van der Waals surface area contributed by atoms with Crippen molar-refractivity contribution >= 4 is 33.9 Å². The van der Waals surface area contributed by atoms with Gasteiger partial charge in [-0.05, 0) is 49.4 Å². The molecule has 0 unspecified atom stereocenters. The molecule has 0 bridgehead atoms. The van der Waals surface area contributed by atoms with Crippen LogP contribution >= 0.6 is 0 Å². The molecule has 4 rings (SSSR count). The second-order valence-electron chi connectivity index (χ2n) is 7.02. The minimum Gasteiger partial charge on any atom is -0.462 e. The molecule has 140 valence electrons. The van der Waals surface area contributed by atoms with Gasteiger partial charge in [-0.25, -0.2) is 4.79 Å². The van der Waals surface area contributed by atoms with Gasteiger partial charge in [0.1, 0.15) is 17.0 Å². The summed E-state index contributed by atoms with van der Waals surface area (Å²) in [5.74, 6) is -0.125. The number of ether oxygens (including phenoxy) is 1. The van der Waals surface area contributed by atoms with Crippen LogP contribution in [0.1, 0.15) is 60.9 Å². The van der Waals surface area contributed by atoms with E-state index < -0.39 is 5.97 Å². The van der Waals surface area contributed by atoms with Crippen LogP contribution in [-0.2, 0) is 4.74 Å². The second kappa shape index (κ2) is 7.02. The van der Waals surface area contributed by atoms with Crippen LogP contribution in [0.3, 0.4) is 0 Å². The van der Waals surface area contributed by atoms with Crippen molar-refractivity contribution in [3.05, 3.63) is 45.6 Å². The lowest BCUT2D eigenvalue weighted by Crippen LogP contribution is -2.12. The minimum atomic E-state index is -0.597. The van der Waals surface area contributed by atoms with E-state index in [4.69, 9.17) is 14.9 Å². The van der Waals surface area contributed by atoms with Gasteiger partial charge in [-0.15, -0.1) is 0 Å². The molecular formula is C21H22N2O4. The van der Waals surface area contributed by atoms with E-state index in [-0.39, 0.29) is 34.5 Å². The zero-order chi connectivity index (χ0) is 19.0. The molecule has 2 aromatic heterocycles. The second-order valence-corrected chi connectivity index (χ2v) is 7.02. The average molecular weight is 366 g/mol. The van der Waals surface area contributed by atoms with Crippen molar-refractivity contribution in [1.82, 2.24) is 4.98 Å². The normalized spacial score (nSPS) is 15.3. The van der Waals surface area contributed by atoms with E-state index in [9.17, 15) is 9.59 Å². The molecule has 2 heterocycles. The molecule has 0 aliphatic heterocycles. The third-order valence-corrected chi connectivity index (χ3v) is 5.29. The highest BCUT2D eigenvalue weighted by Crippen LogP contribution is 2.34. The first kappa shape index (κ1) is 17.5. The maximum absolute atomic E-state index is 13.1. The zero-order valence-electron chi connectivity index (χ0n) is 15.3. The van der Waals surface area contributed by atoms with Crippen molar-refractivity contribution in [2.45, 2.75) is 44.9 Å². The summed E-state index contributed by atoms with van der Waals surface area (Å²) < 4.78 is 10.8. The number of hydrogen-bond donors (Lipinski definition) is 1. The van der Waals surface area contributed by atoms with Gasteiger partial charge in [0.15, 0.2) is 0 Å². The third kappa shape index (κ3) is 3.16. The quantitative estimate of drug-likeness (QED) is 0.553. The lowest BCUT2D eigenvalue weighted by atomic mass is 9.84. The molecule has 1 aliphatic rings. The highest BCUT2D eigenvalue weighted by Gasteiger charge is 2.20. The van der Waals surface area contributed by atoms with E-state index in [1.54, 1.807) is 6.92 Å². The Labute approximate surface area is 156 Å². The number of hydrogen-bond acceptors (Lipinski definition) is 6. The summed E-state index contributed by atoms with van der Waals surface area (Å²) in [4.78, 5) is 29.3. The van der Waals surface area contributed by atoms with Crippen molar-refractivity contribution in [2.75, 3.05) is 12.3 Å². The maximum atomic E-state index is 13.1. The highest BCUT2D eigenvalue weighted by molar-refractivity contribution is 5.99. The van der Waals surface area contributed by atoms with Crippen LogP contribution in [0.25, 0.3) is 22.1 Å². The smallest absolute Gasteiger partial charge is 0.341 e. The van der Waals surface area contributed by atoms with Gasteiger partial charge >= 0.3 is 5.97 Å². The van der Waals surface area contributed by atoms with E-state index in [0.717, 1.165) is 12.8 Å². The van der Waals surface area contributed by atoms with E-state index in [0.29, 0.717) is 16.9 Å². The Kier molecular flexibility index (Phi) is 4.56. The molecule has 6 heteroatoms. The fourth-order valence-electron chi connectivity index (χ4n) is 3.88. The number of carbonyl (C=O) groups excluding carboxylic acids is 1. The standard InChI is InChI=1S/C21H22N2O4/c1-2-26-21(25)16-11-15-18(24)14-10-13(12-6-4-3-5-7-12)8-9-17(14)27-20(15)23-19(16)22/h8-12H,2-7H2,1H3,(H2,22,23). The molecule has 0 spiro atoms. The number of benzene rings is 1. The van der Waals surface area contributed by atoms with E-state index in [1.165, 1.54) is 30.9 Å². The van der Waals surface area contributed by atoms with Gasteiger partial charge in [-0.2, -0.15) is 4.98 Å². The Morgan fingerprint density at radius 1 is 1.22 bits per heavy atom. The van der Waals surface area contributed by atoms with Gasteiger partial charge in [0.25, 0.3) is 0 Å². The Balaban J connectivity index is 1.88. The van der Waals surface area contributed by atoms with Crippen molar-refractivity contribution < 1.29 is 13.9 Å². The molecule has 0 amide bonds. The van der Waals surface area contributed by atoms with Crippen molar-refractivity contribution in [3.8, 4) is 0 Å². The van der Waals surface area contributed by atoms with Crippen LogP contribution in [0.2, 0.25) is 0 Å². The number of fused-ring (bicyclic) bond motifs is 2. The van der Waals surface area contributed by atoms with Crippen LogP contribution in [0, 0.1) is 0 Å². The van der Waals surface area contributed by atoms with Gasteiger partial charge in [0.2, 0.25) is 11.1 Å². The summed E-state index contributed by atoms with van der Waals surface area (Å²) in [7, 11) is 0. The van der Waals surface area contributed by atoms with Gasteiger partial charge in [0, 0.05) is 0 Å². The molecular weight excluding hydrogens is 344 g/mol. The van der Waals surface area contributed by atoms with Gasteiger partial charge in [-0.1, -0.05) is 25.3 Å². The van der Waals surface area contributed by atoms with Crippen molar-refractivity contribution in [2.24, 2.45) is 0 Å². The predicted octanol–water partition coefficient (Wildman–Crippen LogP) is 4.15. The first-order valence-corrected chi connectivity index (χ1v) is 9.42. The van der Waals surface area contributed by atoms with Crippen molar-refractivity contribution in [1.29, 1.82) is 0 Å². The number of nitrogens with two attached hydrogens (primary N) is 1. The SMILES string of the molecule is CCOC(=O)c1cc2c(=O)c3cc(C4CCCCC4)ccc3oc2nc1N. The lowest BCUT2D eigenvalue weighted by Gasteiger charge is -2.22. The van der Waals surface area contributed by atoms with E-state index in [1.807, 2.05) is 18.2 Å². The van der Waals surface area contributed by atoms with Crippen LogP contribution in [0.15, 0.2) is 33.5 Å². The van der Waals surface area contributed by atoms with E-state index >= 15 is 0 Å². The molecule has 0 atom stereocenters. The number of pyridine rings is 1. The molecule has 6 nitrogen and oxygen atoms in total. The number of rotatable bonds is 3. The highest BCUT2D eigenvalue weighted by atomic mass is 16.5. The zero-order valence-corrected chi connectivity index (χ0v) is 15.3. The average Bonchev–Trinajstić information content (AvgIpc) is 2.68. The molecule has 3 aromatic rings. The summed E-state index contributed by atoms with van der Waals surface area (Å²) >= 11 is 0. The van der Waals surface area contributed by atoms with Crippen molar-refractivity contribution in [3.63, 3.8) is 0 Å². The maximum Gasteiger partial charge on any atom is 0.341 e. The monoisotopic (exact) mass is 366 g/mol. The first-order chi connectivity index (χ1) is 13.1. The van der Waals surface area contributed by atoms with Gasteiger partial charge < -0.3 is 14.9 Å². The Morgan fingerprint density at radius 3 is 2.74 bits per heavy atom. The van der Waals surface area contributed by atoms with Gasteiger partial charge in [0.05, 0.1) is 17.4 Å². The molecule has 1 aromatic carbocycles. The minimum absolute atomic E-state index is 0.0118. The third-order valence-electron chi connectivity index (χ3n) is 5.29.